The van der Waals surface area contributed by atoms with Crippen LogP contribution in [0.4, 0.5) is 0 Å². The van der Waals surface area contributed by atoms with Crippen molar-refractivity contribution in [2.75, 3.05) is 13.2 Å². The Morgan fingerprint density at radius 1 is 0.537 bits per heavy atom. The van der Waals surface area contributed by atoms with E-state index in [1.54, 1.807) is 0 Å². The maximum absolute atomic E-state index is 12.0. The van der Waals surface area contributed by atoms with E-state index >= 15 is 0 Å². The molecule has 1 aliphatic rings. The molecule has 0 spiro atoms. The molecule has 1 rings (SSSR count). The number of esters is 2. The van der Waals surface area contributed by atoms with Gasteiger partial charge in [0.05, 0.1) is 25.4 Å². The van der Waals surface area contributed by atoms with Crippen molar-refractivity contribution in [2.45, 2.75) is 194 Å². The number of carbonyl (C=O) groups excluding carboxylic acids is 2. The summed E-state index contributed by atoms with van der Waals surface area (Å²) in [4.78, 5) is 24.0. The molecule has 1 saturated heterocycles. The second-order valence-corrected chi connectivity index (χ2v) is 12.7. The Morgan fingerprint density at radius 2 is 0.902 bits per heavy atom. The monoisotopic (exact) mass is 581 g/mol. The normalized spacial score (nSPS) is 17.8. The van der Waals surface area contributed by atoms with Crippen LogP contribution in [-0.2, 0) is 23.8 Å². The molecular weight excluding hydrogens is 512 g/mol. The van der Waals surface area contributed by atoms with Gasteiger partial charge in [0.2, 0.25) is 0 Å². The van der Waals surface area contributed by atoms with Crippen molar-refractivity contribution >= 4 is 11.9 Å². The fourth-order valence-corrected chi connectivity index (χ4v) is 5.69. The number of unbranched alkanes of at least 4 members (excludes halogenated alkanes) is 12. The molecule has 1 fully saturated rings. The molecule has 1 heterocycles. The van der Waals surface area contributed by atoms with Crippen LogP contribution in [-0.4, -0.2) is 37.4 Å². The van der Waals surface area contributed by atoms with E-state index in [-0.39, 0.29) is 11.9 Å². The number of hydrogen-bond acceptors (Lipinski definition) is 5. The molecule has 0 aliphatic carbocycles. The van der Waals surface area contributed by atoms with Crippen LogP contribution in [0.3, 0.4) is 0 Å². The molecule has 5 nitrogen and oxygen atoms in total. The van der Waals surface area contributed by atoms with E-state index in [4.69, 9.17) is 14.2 Å². The van der Waals surface area contributed by atoms with Crippen molar-refractivity contribution in [2.24, 2.45) is 11.8 Å². The highest BCUT2D eigenvalue weighted by atomic mass is 16.6. The number of rotatable bonds is 30. The van der Waals surface area contributed by atoms with Crippen LogP contribution in [0.5, 0.6) is 0 Å². The Bertz CT molecular complexity index is 569. The number of epoxide rings is 1. The predicted molar refractivity (Wildman–Crippen MR) is 171 cm³/mol. The summed E-state index contributed by atoms with van der Waals surface area (Å²) in [6.45, 7) is 10.0. The molecule has 0 saturated carbocycles. The summed E-state index contributed by atoms with van der Waals surface area (Å²) in [5.41, 5.74) is 0. The molecule has 0 bridgehead atoms. The smallest absolute Gasteiger partial charge is 0.305 e. The lowest BCUT2D eigenvalue weighted by Crippen LogP contribution is -2.13. The van der Waals surface area contributed by atoms with Crippen LogP contribution < -0.4 is 0 Å². The van der Waals surface area contributed by atoms with Crippen LogP contribution in [0, 0.1) is 11.8 Å². The topological polar surface area (TPSA) is 65.1 Å². The van der Waals surface area contributed by atoms with Gasteiger partial charge in [-0.15, -0.1) is 0 Å². The summed E-state index contributed by atoms with van der Waals surface area (Å²) < 4.78 is 16.9. The van der Waals surface area contributed by atoms with Gasteiger partial charge in [0, 0.05) is 12.8 Å². The molecule has 0 aromatic carbocycles. The van der Waals surface area contributed by atoms with Crippen molar-refractivity contribution in [3.05, 3.63) is 0 Å². The van der Waals surface area contributed by atoms with Gasteiger partial charge in [-0.25, -0.2) is 0 Å². The minimum absolute atomic E-state index is 0.00709. The Labute approximate surface area is 254 Å². The quantitative estimate of drug-likeness (QED) is 0.0480. The van der Waals surface area contributed by atoms with Gasteiger partial charge in [-0.3, -0.25) is 9.59 Å². The predicted octanol–water partition coefficient (Wildman–Crippen LogP) is 10.5. The van der Waals surface area contributed by atoms with E-state index in [2.05, 4.69) is 27.7 Å². The number of ether oxygens (including phenoxy) is 3. The van der Waals surface area contributed by atoms with Gasteiger partial charge in [0.1, 0.15) is 0 Å². The molecule has 0 N–H and O–H groups in total. The summed E-state index contributed by atoms with van der Waals surface area (Å²) in [5, 5.41) is 0. The highest BCUT2D eigenvalue weighted by Gasteiger charge is 2.36. The molecule has 0 aromatic rings. The first kappa shape index (κ1) is 37.9. The maximum atomic E-state index is 12.0. The molecular formula is C36H68O5. The largest absolute Gasteiger partial charge is 0.465 e. The standard InChI is InChI=1S/C36H68O5/c1-5-9-23-31(7-3)29-39-35(37)27-21-17-13-11-15-19-25-33-34(41-33)26-20-16-12-14-18-22-28-36(38)40-30-32(8-4)24-10-6-2/h31-34H,5-30H2,1-4H3. The zero-order valence-corrected chi connectivity index (χ0v) is 27.7. The van der Waals surface area contributed by atoms with Gasteiger partial charge >= 0.3 is 11.9 Å². The van der Waals surface area contributed by atoms with Crippen molar-refractivity contribution < 1.29 is 23.8 Å². The maximum Gasteiger partial charge on any atom is 0.305 e. The molecule has 0 amide bonds. The molecule has 4 atom stereocenters. The van der Waals surface area contributed by atoms with Gasteiger partial charge in [0.15, 0.2) is 0 Å². The first-order chi connectivity index (χ1) is 20.0. The van der Waals surface area contributed by atoms with E-state index in [9.17, 15) is 9.59 Å². The summed E-state index contributed by atoms with van der Waals surface area (Å²) in [7, 11) is 0. The molecule has 1 aliphatic heterocycles. The third-order valence-electron chi connectivity index (χ3n) is 8.97. The number of carbonyl (C=O) groups is 2. The second kappa shape index (κ2) is 26.5. The third-order valence-corrected chi connectivity index (χ3v) is 8.97. The average Bonchev–Trinajstić information content (AvgIpc) is 3.73. The molecule has 0 aromatic heterocycles. The lowest BCUT2D eigenvalue weighted by atomic mass is 10.0. The first-order valence-corrected chi connectivity index (χ1v) is 18.0. The summed E-state index contributed by atoms with van der Waals surface area (Å²) in [5.74, 6) is 1.06. The molecule has 41 heavy (non-hydrogen) atoms. The lowest BCUT2D eigenvalue weighted by Gasteiger charge is -2.14. The van der Waals surface area contributed by atoms with Crippen molar-refractivity contribution in [3.8, 4) is 0 Å². The average molecular weight is 581 g/mol. The molecule has 0 radical (unpaired) electrons. The third kappa shape index (κ3) is 22.2. The van der Waals surface area contributed by atoms with Gasteiger partial charge in [-0.2, -0.15) is 0 Å². The molecule has 5 heteroatoms. The minimum Gasteiger partial charge on any atom is -0.465 e. The highest BCUT2D eigenvalue weighted by molar-refractivity contribution is 5.69. The van der Waals surface area contributed by atoms with Gasteiger partial charge in [-0.05, 0) is 50.4 Å². The zero-order valence-electron chi connectivity index (χ0n) is 27.7. The Morgan fingerprint density at radius 3 is 1.27 bits per heavy atom. The van der Waals surface area contributed by atoms with E-state index in [1.807, 2.05) is 0 Å². The van der Waals surface area contributed by atoms with Crippen LogP contribution >= 0.6 is 0 Å². The van der Waals surface area contributed by atoms with E-state index in [0.29, 0.717) is 50.1 Å². The molecule has 4 unspecified atom stereocenters. The zero-order chi connectivity index (χ0) is 30.0. The van der Waals surface area contributed by atoms with Gasteiger partial charge < -0.3 is 14.2 Å². The fourth-order valence-electron chi connectivity index (χ4n) is 5.69. The molecule has 242 valence electrons. The SMILES string of the molecule is CCCCC(CC)COC(=O)CCCCCCCCC1OC1CCCCCCCCC(=O)OCC(CC)CCCC. The summed E-state index contributed by atoms with van der Waals surface area (Å²) in [6.07, 6.45) is 28.2. The Balaban J connectivity index is 1.83. The fraction of sp³-hybridized carbons (Fsp3) is 0.944. The van der Waals surface area contributed by atoms with E-state index in [1.165, 1.54) is 103 Å². The highest BCUT2D eigenvalue weighted by Crippen LogP contribution is 2.32. The van der Waals surface area contributed by atoms with Crippen LogP contribution in [0.25, 0.3) is 0 Å². The van der Waals surface area contributed by atoms with Gasteiger partial charge in [0.25, 0.3) is 0 Å². The van der Waals surface area contributed by atoms with Crippen LogP contribution in [0.2, 0.25) is 0 Å². The minimum atomic E-state index is -0.00709. The Hall–Kier alpha value is -1.10. The van der Waals surface area contributed by atoms with Crippen molar-refractivity contribution in [3.63, 3.8) is 0 Å². The van der Waals surface area contributed by atoms with Gasteiger partial charge in [-0.1, -0.05) is 130 Å². The van der Waals surface area contributed by atoms with Crippen molar-refractivity contribution in [1.82, 2.24) is 0 Å². The first-order valence-electron chi connectivity index (χ1n) is 18.0. The lowest BCUT2D eigenvalue weighted by molar-refractivity contribution is -0.146. The van der Waals surface area contributed by atoms with Crippen LogP contribution in [0.15, 0.2) is 0 Å². The van der Waals surface area contributed by atoms with E-state index < -0.39 is 0 Å². The Kier molecular flexibility index (Phi) is 24.5. The summed E-state index contributed by atoms with van der Waals surface area (Å²) in [6, 6.07) is 0. The summed E-state index contributed by atoms with van der Waals surface area (Å²) >= 11 is 0. The second-order valence-electron chi connectivity index (χ2n) is 12.7. The number of hydrogen-bond donors (Lipinski definition) is 0. The van der Waals surface area contributed by atoms with Crippen molar-refractivity contribution in [1.29, 1.82) is 0 Å². The van der Waals surface area contributed by atoms with E-state index in [0.717, 1.165) is 38.5 Å². The van der Waals surface area contributed by atoms with Crippen LogP contribution in [0.1, 0.15) is 182 Å².